The Labute approximate surface area is 290 Å². The summed E-state index contributed by atoms with van der Waals surface area (Å²) in [7, 11) is 0. The van der Waals surface area contributed by atoms with E-state index in [-0.39, 0.29) is 12.1 Å². The molecule has 0 aromatic heterocycles. The zero-order valence-corrected chi connectivity index (χ0v) is 27.0. The van der Waals surface area contributed by atoms with Gasteiger partial charge in [0.1, 0.15) is 23.0 Å². The van der Waals surface area contributed by atoms with Gasteiger partial charge in [0, 0.05) is 11.0 Å². The molecule has 0 amide bonds. The number of para-hydroxylation sites is 2. The van der Waals surface area contributed by atoms with E-state index >= 15 is 0 Å². The molecule has 0 saturated heterocycles. The van der Waals surface area contributed by atoms with Crippen LogP contribution < -0.4 is 25.9 Å². The van der Waals surface area contributed by atoms with Crippen LogP contribution in [0.25, 0.3) is 44.2 Å². The van der Waals surface area contributed by atoms with Gasteiger partial charge in [-0.2, -0.15) is 0 Å². The van der Waals surface area contributed by atoms with Crippen molar-refractivity contribution in [2.45, 2.75) is 5.41 Å². The minimum Gasteiger partial charge on any atom is -0.458 e. The Balaban J connectivity index is 1.08. The molecule has 0 atom stereocenters. The van der Waals surface area contributed by atoms with Gasteiger partial charge in [0.15, 0.2) is 0 Å². The summed E-state index contributed by atoms with van der Waals surface area (Å²) < 4.78 is 13.2. The van der Waals surface area contributed by atoms with Crippen LogP contribution in [0.1, 0.15) is 22.3 Å². The van der Waals surface area contributed by atoms with Crippen molar-refractivity contribution in [3.63, 3.8) is 0 Å². The van der Waals surface area contributed by atoms with Crippen LogP contribution in [-0.4, -0.2) is 6.71 Å². The number of fused-ring (bicyclic) bond motifs is 15. The van der Waals surface area contributed by atoms with E-state index in [0.29, 0.717) is 0 Å². The molecule has 0 fully saturated rings. The lowest BCUT2D eigenvalue weighted by atomic mass is 9.34. The minimum absolute atomic E-state index is 0.0411. The van der Waals surface area contributed by atoms with Gasteiger partial charge in [0.2, 0.25) is 0 Å². The highest BCUT2D eigenvalue weighted by molar-refractivity contribution is 6.98. The standard InChI is InChI=1S/C47H27BO2/c1-4-15-36-32(11-1)33-12-2-5-16-37(33)47(36)38-17-6-3-13-34(38)35-26-28-23-24-29(25-30(28)27-39(35)47)31-14-9-19-41-46(31)50-44-22-10-21-43-45(44)48(41)40-18-7-8-20-42(40)49-43/h1-27H. The van der Waals surface area contributed by atoms with Crippen molar-refractivity contribution in [1.82, 2.24) is 0 Å². The van der Waals surface area contributed by atoms with E-state index in [4.69, 9.17) is 9.47 Å². The molecule has 0 unspecified atom stereocenters. The second-order valence-corrected chi connectivity index (χ2v) is 13.9. The third-order valence-electron chi connectivity index (χ3n) is 11.6. The lowest BCUT2D eigenvalue weighted by Crippen LogP contribution is -2.57. The second kappa shape index (κ2) is 9.43. The van der Waals surface area contributed by atoms with Gasteiger partial charge in [-0.15, -0.1) is 0 Å². The number of rotatable bonds is 1. The van der Waals surface area contributed by atoms with Crippen LogP contribution in [0, 0.1) is 0 Å². The molecule has 0 N–H and O–H groups in total. The summed E-state index contributed by atoms with van der Waals surface area (Å²) in [6.45, 7) is 0.0411. The summed E-state index contributed by atoms with van der Waals surface area (Å²) in [6, 6.07) is 60.0. The average molecular weight is 635 g/mol. The Kier molecular flexibility index (Phi) is 5.02. The topological polar surface area (TPSA) is 18.5 Å². The van der Waals surface area contributed by atoms with Gasteiger partial charge < -0.3 is 9.47 Å². The van der Waals surface area contributed by atoms with E-state index in [1.807, 2.05) is 18.2 Å². The Morgan fingerprint density at radius 3 is 1.72 bits per heavy atom. The SMILES string of the molecule is c1ccc2c(c1)Oc1cccc3c1B2c1cccc(-c2ccc4cc5c(cc4c2)C2(c4ccccc4-c4ccccc42)c2ccccc2-5)c1O3. The fraction of sp³-hybridized carbons (Fsp3) is 0.0213. The van der Waals surface area contributed by atoms with Crippen molar-refractivity contribution in [3.05, 3.63) is 186 Å². The maximum atomic E-state index is 6.83. The van der Waals surface area contributed by atoms with E-state index in [0.717, 1.165) is 39.6 Å². The first-order valence-electron chi connectivity index (χ1n) is 17.4. The Morgan fingerprint density at radius 2 is 0.960 bits per heavy atom. The van der Waals surface area contributed by atoms with Crippen molar-refractivity contribution in [2.75, 3.05) is 0 Å². The maximum absolute atomic E-state index is 6.83. The predicted molar refractivity (Wildman–Crippen MR) is 203 cm³/mol. The highest BCUT2D eigenvalue weighted by Crippen LogP contribution is 2.63. The van der Waals surface area contributed by atoms with Gasteiger partial charge in [0.05, 0.1) is 5.41 Å². The van der Waals surface area contributed by atoms with Gasteiger partial charge in [0.25, 0.3) is 6.71 Å². The molecule has 50 heavy (non-hydrogen) atoms. The highest BCUT2D eigenvalue weighted by Gasteiger charge is 2.51. The maximum Gasteiger partial charge on any atom is 0.260 e. The van der Waals surface area contributed by atoms with Crippen LogP contribution in [0.5, 0.6) is 23.0 Å². The summed E-state index contributed by atoms with van der Waals surface area (Å²) in [4.78, 5) is 0. The molecule has 8 aromatic rings. The minimum atomic E-state index is -0.365. The van der Waals surface area contributed by atoms with Crippen molar-refractivity contribution >= 4 is 33.9 Å². The fourth-order valence-corrected chi connectivity index (χ4v) is 9.63. The van der Waals surface area contributed by atoms with Crippen LogP contribution >= 0.6 is 0 Å². The third-order valence-corrected chi connectivity index (χ3v) is 11.6. The van der Waals surface area contributed by atoms with Gasteiger partial charge in [-0.25, -0.2) is 0 Å². The van der Waals surface area contributed by atoms with Crippen LogP contribution in [0.2, 0.25) is 0 Å². The number of hydrogen-bond acceptors (Lipinski definition) is 2. The molecular formula is C47H27BO2. The molecule has 230 valence electrons. The van der Waals surface area contributed by atoms with Crippen LogP contribution in [0.4, 0.5) is 0 Å². The van der Waals surface area contributed by atoms with Gasteiger partial charge in [-0.05, 0) is 108 Å². The molecule has 2 aliphatic heterocycles. The Bertz CT molecular complexity index is 2750. The zero-order chi connectivity index (χ0) is 32.6. The van der Waals surface area contributed by atoms with Gasteiger partial charge >= 0.3 is 0 Å². The normalized spacial score (nSPS) is 14.4. The largest absolute Gasteiger partial charge is 0.458 e. The first-order valence-corrected chi connectivity index (χ1v) is 17.4. The molecule has 0 saturated carbocycles. The monoisotopic (exact) mass is 634 g/mol. The summed E-state index contributed by atoms with van der Waals surface area (Å²) in [5.41, 5.74) is 16.1. The van der Waals surface area contributed by atoms with Crippen LogP contribution in [0.3, 0.4) is 0 Å². The summed E-state index contributed by atoms with van der Waals surface area (Å²) in [5, 5.41) is 2.46. The predicted octanol–water partition coefficient (Wildman–Crippen LogP) is 9.58. The van der Waals surface area contributed by atoms with E-state index in [9.17, 15) is 0 Å². The van der Waals surface area contributed by atoms with Crippen molar-refractivity contribution in [2.24, 2.45) is 0 Å². The van der Waals surface area contributed by atoms with Crippen molar-refractivity contribution < 1.29 is 9.47 Å². The molecule has 8 aromatic carbocycles. The molecule has 1 spiro atoms. The number of hydrogen-bond donors (Lipinski definition) is 0. The highest BCUT2D eigenvalue weighted by atomic mass is 16.5. The molecular weight excluding hydrogens is 607 g/mol. The summed E-state index contributed by atoms with van der Waals surface area (Å²) >= 11 is 0. The van der Waals surface area contributed by atoms with E-state index in [1.165, 1.54) is 66.2 Å². The molecule has 4 aliphatic rings. The molecule has 2 heterocycles. The molecule has 0 bridgehead atoms. The molecule has 2 aliphatic carbocycles. The Morgan fingerprint density at radius 1 is 0.380 bits per heavy atom. The second-order valence-electron chi connectivity index (χ2n) is 13.9. The fourth-order valence-electron chi connectivity index (χ4n) is 9.63. The van der Waals surface area contributed by atoms with E-state index in [1.54, 1.807) is 0 Å². The van der Waals surface area contributed by atoms with E-state index < -0.39 is 0 Å². The zero-order valence-electron chi connectivity index (χ0n) is 27.0. The lowest BCUT2D eigenvalue weighted by molar-refractivity contribution is 0.465. The summed E-state index contributed by atoms with van der Waals surface area (Å²) in [5.74, 6) is 3.55. The molecule has 2 nitrogen and oxygen atoms in total. The van der Waals surface area contributed by atoms with E-state index in [2.05, 4.69) is 146 Å². The van der Waals surface area contributed by atoms with Crippen LogP contribution in [0.15, 0.2) is 164 Å². The molecule has 3 heteroatoms. The first-order chi connectivity index (χ1) is 24.8. The van der Waals surface area contributed by atoms with Crippen LogP contribution in [-0.2, 0) is 5.41 Å². The molecule has 12 rings (SSSR count). The lowest BCUT2D eigenvalue weighted by Gasteiger charge is -2.33. The van der Waals surface area contributed by atoms with Gasteiger partial charge in [-0.3, -0.25) is 0 Å². The summed E-state index contributed by atoms with van der Waals surface area (Å²) in [6.07, 6.45) is 0. The van der Waals surface area contributed by atoms with Gasteiger partial charge in [-0.1, -0.05) is 127 Å². The first kappa shape index (κ1) is 26.6. The Hall–Kier alpha value is -6.32. The average Bonchev–Trinajstić information content (AvgIpc) is 3.63. The van der Waals surface area contributed by atoms with Crippen molar-refractivity contribution in [1.29, 1.82) is 0 Å². The molecule has 0 radical (unpaired) electrons. The number of benzene rings is 8. The quantitative estimate of drug-likeness (QED) is 0.168. The van der Waals surface area contributed by atoms with Crippen molar-refractivity contribution in [3.8, 4) is 56.4 Å². The smallest absolute Gasteiger partial charge is 0.260 e. The third kappa shape index (κ3) is 3.21. The number of ether oxygens (including phenoxy) is 2.